The van der Waals surface area contributed by atoms with Crippen molar-refractivity contribution in [3.8, 4) is 0 Å². The fourth-order valence-corrected chi connectivity index (χ4v) is 1.31. The van der Waals surface area contributed by atoms with E-state index in [1.54, 1.807) is 18.3 Å². The van der Waals surface area contributed by atoms with Crippen molar-refractivity contribution in [2.75, 3.05) is 5.32 Å². The number of rotatable bonds is 5. The van der Waals surface area contributed by atoms with Gasteiger partial charge >= 0.3 is 12.0 Å². The van der Waals surface area contributed by atoms with Gasteiger partial charge in [0.1, 0.15) is 6.04 Å². The Bertz CT molecular complexity index is 381. The van der Waals surface area contributed by atoms with Crippen molar-refractivity contribution in [2.24, 2.45) is 0 Å². The van der Waals surface area contributed by atoms with Gasteiger partial charge in [0.25, 0.3) is 0 Å². The van der Waals surface area contributed by atoms with E-state index < -0.39 is 18.0 Å². The van der Waals surface area contributed by atoms with Gasteiger partial charge in [0.15, 0.2) is 0 Å². The van der Waals surface area contributed by atoms with Crippen LogP contribution >= 0.6 is 0 Å². The highest BCUT2D eigenvalue weighted by Gasteiger charge is 2.18. The Balaban J connectivity index is 2.51. The van der Waals surface area contributed by atoms with Gasteiger partial charge in [-0.15, -0.1) is 0 Å². The lowest BCUT2D eigenvalue weighted by atomic mass is 10.2. The van der Waals surface area contributed by atoms with Crippen molar-refractivity contribution in [3.05, 3.63) is 24.5 Å². The number of nitrogens with zero attached hydrogens (tertiary/aromatic N) is 1. The third-order valence-electron chi connectivity index (χ3n) is 2.10. The third-order valence-corrected chi connectivity index (χ3v) is 2.10. The number of aliphatic carboxylic acids is 1. The number of anilines is 1. The smallest absolute Gasteiger partial charge is 0.326 e. The Kier molecular flexibility index (Phi) is 4.93. The monoisotopic (exact) mass is 237 g/mol. The number of carbonyl (C=O) groups excluding carboxylic acids is 1. The molecule has 0 aliphatic carbocycles. The molecule has 1 atom stereocenters. The third kappa shape index (κ3) is 4.50. The van der Waals surface area contributed by atoms with Crippen molar-refractivity contribution < 1.29 is 14.7 Å². The quantitative estimate of drug-likeness (QED) is 0.722. The summed E-state index contributed by atoms with van der Waals surface area (Å²) >= 11 is 0. The molecule has 0 aliphatic heterocycles. The summed E-state index contributed by atoms with van der Waals surface area (Å²) in [6, 6.07) is 1.94. The minimum absolute atomic E-state index is 0.399. The molecule has 0 radical (unpaired) electrons. The molecule has 0 bridgehead atoms. The molecule has 6 heteroatoms. The van der Waals surface area contributed by atoms with Gasteiger partial charge in [-0.2, -0.15) is 0 Å². The van der Waals surface area contributed by atoms with Crippen LogP contribution in [-0.4, -0.2) is 28.1 Å². The molecule has 0 aromatic carbocycles. The maximum absolute atomic E-state index is 11.5. The van der Waals surface area contributed by atoms with Gasteiger partial charge in [-0.25, -0.2) is 9.59 Å². The zero-order valence-corrected chi connectivity index (χ0v) is 9.51. The van der Waals surface area contributed by atoms with Gasteiger partial charge in [-0.1, -0.05) is 13.3 Å². The lowest BCUT2D eigenvalue weighted by molar-refractivity contribution is -0.139. The number of hydrogen-bond acceptors (Lipinski definition) is 3. The van der Waals surface area contributed by atoms with Crippen molar-refractivity contribution in [3.63, 3.8) is 0 Å². The summed E-state index contributed by atoms with van der Waals surface area (Å²) < 4.78 is 0. The molecule has 1 rings (SSSR count). The highest BCUT2D eigenvalue weighted by atomic mass is 16.4. The van der Waals surface area contributed by atoms with E-state index in [4.69, 9.17) is 5.11 Å². The summed E-state index contributed by atoms with van der Waals surface area (Å²) in [6.45, 7) is 1.86. The van der Waals surface area contributed by atoms with Crippen LogP contribution in [0.3, 0.4) is 0 Å². The summed E-state index contributed by atoms with van der Waals surface area (Å²) in [7, 11) is 0. The van der Waals surface area contributed by atoms with Crippen LogP contribution < -0.4 is 10.6 Å². The second kappa shape index (κ2) is 6.47. The molecule has 3 N–H and O–H groups in total. The number of carboxylic acid groups (broad SMARTS) is 1. The number of aromatic nitrogens is 1. The van der Waals surface area contributed by atoms with E-state index in [1.807, 2.05) is 6.92 Å². The molecular formula is C11H15N3O3. The summed E-state index contributed by atoms with van der Waals surface area (Å²) in [5, 5.41) is 13.8. The Hall–Kier alpha value is -2.11. The molecule has 92 valence electrons. The van der Waals surface area contributed by atoms with E-state index >= 15 is 0 Å². The van der Waals surface area contributed by atoms with Gasteiger partial charge in [-0.05, 0) is 18.6 Å². The molecular weight excluding hydrogens is 222 g/mol. The van der Waals surface area contributed by atoms with E-state index in [9.17, 15) is 9.59 Å². The minimum atomic E-state index is -1.03. The molecule has 2 amide bonds. The summed E-state index contributed by atoms with van der Waals surface area (Å²) in [5.74, 6) is -1.03. The predicted octanol–water partition coefficient (Wildman–Crippen LogP) is 1.46. The van der Waals surface area contributed by atoms with Crippen LogP contribution in [0.5, 0.6) is 0 Å². The molecule has 0 spiro atoms. The maximum atomic E-state index is 11.5. The normalized spacial score (nSPS) is 11.6. The van der Waals surface area contributed by atoms with Crippen LogP contribution in [-0.2, 0) is 4.79 Å². The zero-order chi connectivity index (χ0) is 12.7. The lowest BCUT2D eigenvalue weighted by Gasteiger charge is -2.13. The van der Waals surface area contributed by atoms with E-state index in [1.165, 1.54) is 6.20 Å². The van der Waals surface area contributed by atoms with Crippen LogP contribution in [0.15, 0.2) is 24.5 Å². The Morgan fingerprint density at radius 3 is 2.82 bits per heavy atom. The fourth-order valence-electron chi connectivity index (χ4n) is 1.31. The van der Waals surface area contributed by atoms with Crippen LogP contribution in [0.2, 0.25) is 0 Å². The second-order valence-corrected chi connectivity index (χ2v) is 3.52. The summed E-state index contributed by atoms with van der Waals surface area (Å²) in [5.41, 5.74) is 0.519. The van der Waals surface area contributed by atoms with Crippen LogP contribution in [0, 0.1) is 0 Å². The topological polar surface area (TPSA) is 91.3 Å². The molecule has 0 saturated heterocycles. The molecule has 6 nitrogen and oxygen atoms in total. The first-order chi connectivity index (χ1) is 8.13. The largest absolute Gasteiger partial charge is 0.480 e. The number of hydrogen-bond donors (Lipinski definition) is 3. The number of carboxylic acids is 1. The Morgan fingerprint density at radius 2 is 2.29 bits per heavy atom. The lowest BCUT2D eigenvalue weighted by Crippen LogP contribution is -2.42. The molecule has 0 aliphatic rings. The maximum Gasteiger partial charge on any atom is 0.326 e. The molecule has 0 fully saturated rings. The molecule has 1 aromatic heterocycles. The van der Waals surface area contributed by atoms with E-state index in [0.29, 0.717) is 18.5 Å². The first-order valence-electron chi connectivity index (χ1n) is 5.33. The standard InChI is InChI=1S/C11H15N3O3/c1-2-4-9(10(15)16)14-11(17)13-8-5-3-6-12-7-8/h3,5-7,9H,2,4H2,1H3,(H,15,16)(H2,13,14,17)/t9-/m1/s1. The number of carbonyl (C=O) groups is 2. The van der Waals surface area contributed by atoms with Gasteiger partial charge in [0, 0.05) is 6.20 Å². The average Bonchev–Trinajstić information content (AvgIpc) is 2.29. The molecule has 17 heavy (non-hydrogen) atoms. The molecule has 1 heterocycles. The number of amides is 2. The zero-order valence-electron chi connectivity index (χ0n) is 9.51. The van der Waals surface area contributed by atoms with Crippen LogP contribution in [0.25, 0.3) is 0 Å². The molecule has 1 aromatic rings. The summed E-state index contributed by atoms with van der Waals surface area (Å²) in [4.78, 5) is 26.1. The first-order valence-corrected chi connectivity index (χ1v) is 5.33. The van der Waals surface area contributed by atoms with Crippen molar-refractivity contribution in [2.45, 2.75) is 25.8 Å². The first kappa shape index (κ1) is 13.0. The number of pyridine rings is 1. The van der Waals surface area contributed by atoms with Gasteiger partial charge < -0.3 is 15.7 Å². The van der Waals surface area contributed by atoms with Crippen molar-refractivity contribution in [1.82, 2.24) is 10.3 Å². The fraction of sp³-hybridized carbons (Fsp3) is 0.364. The van der Waals surface area contributed by atoms with E-state index in [0.717, 1.165) is 0 Å². The van der Waals surface area contributed by atoms with Crippen molar-refractivity contribution in [1.29, 1.82) is 0 Å². The van der Waals surface area contributed by atoms with Crippen LogP contribution in [0.1, 0.15) is 19.8 Å². The Morgan fingerprint density at radius 1 is 1.53 bits per heavy atom. The predicted molar refractivity (Wildman–Crippen MR) is 62.7 cm³/mol. The highest BCUT2D eigenvalue weighted by molar-refractivity contribution is 5.92. The molecule has 0 saturated carbocycles. The van der Waals surface area contributed by atoms with E-state index in [-0.39, 0.29) is 0 Å². The summed E-state index contributed by atoms with van der Waals surface area (Å²) in [6.07, 6.45) is 4.15. The second-order valence-electron chi connectivity index (χ2n) is 3.52. The number of nitrogens with one attached hydrogen (secondary N) is 2. The highest BCUT2D eigenvalue weighted by Crippen LogP contribution is 2.03. The van der Waals surface area contributed by atoms with Gasteiger partial charge in [0.05, 0.1) is 11.9 Å². The molecule has 0 unspecified atom stereocenters. The number of urea groups is 1. The van der Waals surface area contributed by atoms with Gasteiger partial charge in [0.2, 0.25) is 0 Å². The van der Waals surface area contributed by atoms with Gasteiger partial charge in [-0.3, -0.25) is 4.98 Å². The average molecular weight is 237 g/mol. The minimum Gasteiger partial charge on any atom is -0.480 e. The van der Waals surface area contributed by atoms with E-state index in [2.05, 4.69) is 15.6 Å². The SMILES string of the molecule is CCC[C@@H](NC(=O)Nc1cccnc1)C(=O)O. The van der Waals surface area contributed by atoms with Crippen LogP contribution in [0.4, 0.5) is 10.5 Å². The Labute approximate surface area is 99.1 Å². The van der Waals surface area contributed by atoms with Crippen molar-refractivity contribution >= 4 is 17.7 Å².